The molecule has 1 saturated heterocycles. The number of amides is 1. The molecule has 1 amide bonds. The highest BCUT2D eigenvalue weighted by Gasteiger charge is 2.48. The third-order valence-electron chi connectivity index (χ3n) is 5.88. The van der Waals surface area contributed by atoms with Crippen LogP contribution in [0.3, 0.4) is 0 Å². The van der Waals surface area contributed by atoms with E-state index in [1.54, 1.807) is 68.4 Å². The number of Topliss-reactive ketones (excluding diaryl/α,β-unsaturated/α-hetero) is 1. The Balaban J connectivity index is 1.87. The number of thiazole rings is 1. The smallest absolute Gasteiger partial charge is 0.350 e. The van der Waals surface area contributed by atoms with Crippen LogP contribution in [0.15, 0.2) is 60.2 Å². The second-order valence-electron chi connectivity index (χ2n) is 8.44. The summed E-state index contributed by atoms with van der Waals surface area (Å²) in [6.07, 6.45) is 1.86. The molecule has 1 atom stereocenters. The summed E-state index contributed by atoms with van der Waals surface area (Å²) in [6, 6.07) is 14.7. The Labute approximate surface area is 219 Å². The summed E-state index contributed by atoms with van der Waals surface area (Å²) in [5.74, 6) is -1.94. The molecule has 1 N–H and O–H groups in total. The van der Waals surface area contributed by atoms with Gasteiger partial charge in [-0.1, -0.05) is 67.1 Å². The largest absolute Gasteiger partial charge is 0.507 e. The lowest BCUT2D eigenvalue weighted by Gasteiger charge is -2.23. The summed E-state index contributed by atoms with van der Waals surface area (Å²) < 4.78 is 11.0. The van der Waals surface area contributed by atoms with Gasteiger partial charge in [0.1, 0.15) is 16.4 Å². The van der Waals surface area contributed by atoms with Crippen molar-refractivity contribution < 1.29 is 29.0 Å². The summed E-state index contributed by atoms with van der Waals surface area (Å²) in [5.41, 5.74) is 1.30. The first kappa shape index (κ1) is 26.1. The van der Waals surface area contributed by atoms with Crippen LogP contribution in [0.5, 0.6) is 5.75 Å². The van der Waals surface area contributed by atoms with Crippen molar-refractivity contribution in [1.82, 2.24) is 4.98 Å². The molecule has 4 rings (SSSR count). The highest BCUT2D eigenvalue weighted by molar-refractivity contribution is 7.17. The number of esters is 1. The van der Waals surface area contributed by atoms with E-state index in [0.717, 1.165) is 24.2 Å². The Morgan fingerprint density at radius 2 is 1.86 bits per heavy atom. The molecular weight excluding hydrogens is 492 g/mol. The number of anilines is 1. The summed E-state index contributed by atoms with van der Waals surface area (Å²) >= 11 is 0.971. The number of hydrogen-bond acceptors (Lipinski definition) is 8. The number of aryl methyl sites for hydroxylation is 1. The summed E-state index contributed by atoms with van der Waals surface area (Å²) in [5, 5.41) is 11.4. The van der Waals surface area contributed by atoms with Crippen molar-refractivity contribution in [2.24, 2.45) is 0 Å². The van der Waals surface area contributed by atoms with E-state index in [0.29, 0.717) is 29.2 Å². The Morgan fingerprint density at radius 1 is 1.11 bits per heavy atom. The minimum absolute atomic E-state index is 0.0626. The van der Waals surface area contributed by atoms with Crippen LogP contribution in [0.4, 0.5) is 5.13 Å². The average molecular weight is 521 g/mol. The number of ketones is 1. The SMILES string of the molecule is CCCCOc1cccc(C2C(=C(O)c3ccccc3)C(=O)C(=O)N2c2nc(C)c(C(=O)OCC)s2)c1. The predicted molar refractivity (Wildman–Crippen MR) is 141 cm³/mol. The quantitative estimate of drug-likeness (QED) is 0.132. The number of nitrogens with zero attached hydrogens (tertiary/aromatic N) is 2. The lowest BCUT2D eigenvalue weighted by molar-refractivity contribution is -0.132. The molecule has 0 spiro atoms. The zero-order valence-corrected chi connectivity index (χ0v) is 21.7. The molecule has 1 aliphatic heterocycles. The first-order chi connectivity index (χ1) is 17.9. The molecule has 1 aliphatic rings. The highest BCUT2D eigenvalue weighted by atomic mass is 32.1. The third-order valence-corrected chi connectivity index (χ3v) is 7.02. The predicted octanol–water partition coefficient (Wildman–Crippen LogP) is 5.43. The molecule has 192 valence electrons. The first-order valence-corrected chi connectivity index (χ1v) is 12.9. The van der Waals surface area contributed by atoms with Gasteiger partial charge < -0.3 is 14.6 Å². The summed E-state index contributed by atoms with van der Waals surface area (Å²) in [7, 11) is 0. The van der Waals surface area contributed by atoms with E-state index in [-0.39, 0.29) is 27.9 Å². The van der Waals surface area contributed by atoms with E-state index in [1.807, 2.05) is 0 Å². The Bertz CT molecular complexity index is 1350. The van der Waals surface area contributed by atoms with E-state index in [4.69, 9.17) is 9.47 Å². The highest BCUT2D eigenvalue weighted by Crippen LogP contribution is 2.44. The number of aliphatic hydroxyl groups excluding tert-OH is 1. The van der Waals surface area contributed by atoms with Crippen molar-refractivity contribution in [2.45, 2.75) is 39.7 Å². The maximum absolute atomic E-state index is 13.4. The second kappa shape index (κ2) is 11.4. The van der Waals surface area contributed by atoms with Gasteiger partial charge >= 0.3 is 11.9 Å². The van der Waals surface area contributed by atoms with Crippen molar-refractivity contribution in [3.05, 3.63) is 81.9 Å². The number of aliphatic hydroxyl groups is 1. The number of benzene rings is 2. The molecule has 1 fully saturated rings. The number of unbranched alkanes of at least 4 members (excludes halogenated alkanes) is 1. The van der Waals surface area contributed by atoms with Gasteiger partial charge in [0.15, 0.2) is 5.13 Å². The fourth-order valence-electron chi connectivity index (χ4n) is 4.08. The second-order valence-corrected chi connectivity index (χ2v) is 9.42. The molecule has 9 heteroatoms. The molecule has 8 nitrogen and oxygen atoms in total. The van der Waals surface area contributed by atoms with Gasteiger partial charge in [0.05, 0.1) is 30.5 Å². The molecule has 0 aliphatic carbocycles. The number of ether oxygens (including phenoxy) is 2. The Morgan fingerprint density at radius 3 is 2.57 bits per heavy atom. The van der Waals surface area contributed by atoms with Crippen LogP contribution in [-0.4, -0.2) is 41.0 Å². The first-order valence-electron chi connectivity index (χ1n) is 12.1. The fourth-order valence-corrected chi connectivity index (χ4v) is 5.06. The summed E-state index contributed by atoms with van der Waals surface area (Å²) in [6.45, 7) is 6.13. The van der Waals surface area contributed by atoms with Gasteiger partial charge in [-0.3, -0.25) is 14.5 Å². The van der Waals surface area contributed by atoms with Gasteiger partial charge in [-0.05, 0) is 38.0 Å². The topological polar surface area (TPSA) is 106 Å². The van der Waals surface area contributed by atoms with Gasteiger partial charge in [-0.25, -0.2) is 9.78 Å². The monoisotopic (exact) mass is 520 g/mol. The minimum Gasteiger partial charge on any atom is -0.507 e. The van der Waals surface area contributed by atoms with Crippen LogP contribution in [0.2, 0.25) is 0 Å². The number of aromatic nitrogens is 1. The molecule has 2 heterocycles. The molecular formula is C28H28N2O6S. The maximum atomic E-state index is 13.4. The van der Waals surface area contributed by atoms with Gasteiger partial charge in [-0.2, -0.15) is 0 Å². The molecule has 0 bridgehead atoms. The van der Waals surface area contributed by atoms with E-state index < -0.39 is 23.7 Å². The van der Waals surface area contributed by atoms with E-state index in [9.17, 15) is 19.5 Å². The summed E-state index contributed by atoms with van der Waals surface area (Å²) in [4.78, 5) is 45.1. The Kier molecular flexibility index (Phi) is 8.03. The van der Waals surface area contributed by atoms with Crippen LogP contribution < -0.4 is 9.64 Å². The Hall–Kier alpha value is -3.98. The number of rotatable bonds is 9. The van der Waals surface area contributed by atoms with Crippen molar-refractivity contribution >= 4 is 39.9 Å². The van der Waals surface area contributed by atoms with Gasteiger partial charge in [-0.15, -0.1) is 0 Å². The average Bonchev–Trinajstić information content (AvgIpc) is 3.41. The molecule has 2 aromatic carbocycles. The van der Waals surface area contributed by atoms with Crippen LogP contribution in [0, 0.1) is 6.92 Å². The van der Waals surface area contributed by atoms with Crippen molar-refractivity contribution in [3.8, 4) is 5.75 Å². The molecule has 1 unspecified atom stereocenters. The molecule has 1 aromatic heterocycles. The van der Waals surface area contributed by atoms with Crippen molar-refractivity contribution in [2.75, 3.05) is 18.1 Å². The zero-order chi connectivity index (χ0) is 26.5. The minimum atomic E-state index is -0.976. The molecule has 3 aromatic rings. The number of carbonyl (C=O) groups is 3. The molecule has 0 saturated carbocycles. The molecule has 0 radical (unpaired) electrons. The van der Waals surface area contributed by atoms with E-state index in [1.165, 1.54) is 4.90 Å². The van der Waals surface area contributed by atoms with Gasteiger partial charge in [0.2, 0.25) is 0 Å². The van der Waals surface area contributed by atoms with Crippen LogP contribution in [0.25, 0.3) is 5.76 Å². The lowest BCUT2D eigenvalue weighted by atomic mass is 9.95. The van der Waals surface area contributed by atoms with Gasteiger partial charge in [0.25, 0.3) is 5.78 Å². The van der Waals surface area contributed by atoms with Crippen LogP contribution in [-0.2, 0) is 14.3 Å². The lowest BCUT2D eigenvalue weighted by Crippen LogP contribution is -2.29. The molecule has 37 heavy (non-hydrogen) atoms. The van der Waals surface area contributed by atoms with Crippen LogP contribution >= 0.6 is 11.3 Å². The normalized spacial score (nSPS) is 16.7. The number of hydrogen-bond donors (Lipinski definition) is 1. The zero-order valence-electron chi connectivity index (χ0n) is 20.9. The standard InChI is InChI=1S/C28H28N2O6S/c1-4-6-15-36-20-14-10-13-19(16-20)22-21(23(31)18-11-8-7-9-12-18)24(32)26(33)30(22)28-29-17(3)25(37-28)27(34)35-5-2/h7-14,16,22,31H,4-6,15H2,1-3H3. The third kappa shape index (κ3) is 5.27. The van der Waals surface area contributed by atoms with Gasteiger partial charge in [0, 0.05) is 5.56 Å². The van der Waals surface area contributed by atoms with E-state index in [2.05, 4.69) is 11.9 Å². The number of carbonyl (C=O) groups excluding carboxylic acids is 3. The van der Waals surface area contributed by atoms with Crippen molar-refractivity contribution in [3.63, 3.8) is 0 Å². The maximum Gasteiger partial charge on any atom is 0.350 e. The van der Waals surface area contributed by atoms with Crippen molar-refractivity contribution in [1.29, 1.82) is 0 Å². The van der Waals surface area contributed by atoms with Crippen LogP contribution in [0.1, 0.15) is 59.2 Å². The van der Waals surface area contributed by atoms with E-state index >= 15 is 0 Å². The fraction of sp³-hybridized carbons (Fsp3) is 0.286.